The number of hydrogen-bond acceptors (Lipinski definition) is 5. The molecule has 0 saturated heterocycles. The van der Waals surface area contributed by atoms with Crippen LogP contribution in [-0.2, 0) is 4.79 Å². The monoisotopic (exact) mass is 340 g/mol. The molecule has 1 N–H and O–H groups in total. The van der Waals surface area contributed by atoms with E-state index in [1.54, 1.807) is 13.0 Å². The predicted octanol–water partition coefficient (Wildman–Crippen LogP) is 3.74. The van der Waals surface area contributed by atoms with Crippen LogP contribution in [0.5, 0.6) is 11.5 Å². The molecule has 2 rings (SSSR count). The molecule has 5 nitrogen and oxygen atoms in total. The number of methoxy groups -OCH3 is 2. The van der Waals surface area contributed by atoms with Gasteiger partial charge >= 0.3 is 5.97 Å². The second kappa shape index (κ2) is 6.95. The van der Waals surface area contributed by atoms with Crippen LogP contribution >= 0.6 is 11.3 Å². The van der Waals surface area contributed by atoms with Crippen LogP contribution in [0.4, 0.5) is 4.39 Å². The van der Waals surface area contributed by atoms with Crippen molar-refractivity contribution in [3.05, 3.63) is 22.8 Å². The Labute approximate surface area is 136 Å². The van der Waals surface area contributed by atoms with Gasteiger partial charge in [-0.2, -0.15) is 0 Å². The molecule has 0 saturated carbocycles. The molecule has 0 amide bonds. The van der Waals surface area contributed by atoms with Crippen molar-refractivity contribution in [2.75, 3.05) is 14.2 Å². The first-order valence-electron chi connectivity index (χ1n) is 7.02. The van der Waals surface area contributed by atoms with Crippen molar-refractivity contribution in [3.8, 4) is 11.5 Å². The number of benzene rings is 1. The van der Waals surface area contributed by atoms with Gasteiger partial charge in [-0.25, -0.2) is 4.39 Å². The lowest BCUT2D eigenvalue weighted by Crippen LogP contribution is -2.16. The lowest BCUT2D eigenvalue weighted by Gasteiger charge is -2.08. The zero-order valence-corrected chi connectivity index (χ0v) is 13.8. The Balaban J connectivity index is 2.42. The standard InChI is InChI=1S/C16H17FO5S/c1-4-8(16(19)20)5-10(18)13-6-9-12(23-13)7-11(21-2)15(22-3)14(9)17/h6-8H,4-5H2,1-3H3,(H,19,20). The number of ether oxygens (including phenoxy) is 2. The number of thiophene rings is 1. The van der Waals surface area contributed by atoms with Crippen LogP contribution < -0.4 is 9.47 Å². The summed E-state index contributed by atoms with van der Waals surface area (Å²) in [4.78, 5) is 23.6. The molecule has 124 valence electrons. The van der Waals surface area contributed by atoms with E-state index < -0.39 is 17.7 Å². The van der Waals surface area contributed by atoms with Gasteiger partial charge in [-0.3, -0.25) is 9.59 Å². The molecule has 7 heteroatoms. The first-order chi connectivity index (χ1) is 10.9. The summed E-state index contributed by atoms with van der Waals surface area (Å²) >= 11 is 1.11. The third-order valence-corrected chi connectivity index (χ3v) is 4.78. The van der Waals surface area contributed by atoms with E-state index >= 15 is 0 Å². The molecule has 1 aromatic heterocycles. The van der Waals surface area contributed by atoms with E-state index in [9.17, 15) is 14.0 Å². The number of hydrogen-bond donors (Lipinski definition) is 1. The Morgan fingerprint density at radius 2 is 2.00 bits per heavy atom. The highest BCUT2D eigenvalue weighted by atomic mass is 32.1. The molecule has 1 atom stereocenters. The van der Waals surface area contributed by atoms with Gasteiger partial charge in [-0.15, -0.1) is 11.3 Å². The van der Waals surface area contributed by atoms with Gasteiger partial charge in [0.2, 0.25) is 0 Å². The third-order valence-electron chi connectivity index (χ3n) is 3.66. The summed E-state index contributed by atoms with van der Waals surface area (Å²) in [6.07, 6.45) is 0.260. The fraction of sp³-hybridized carbons (Fsp3) is 0.375. The van der Waals surface area contributed by atoms with Crippen molar-refractivity contribution >= 4 is 33.2 Å². The number of carbonyl (C=O) groups is 2. The molecule has 1 aromatic carbocycles. The summed E-state index contributed by atoms with van der Waals surface area (Å²) in [6.45, 7) is 1.71. The van der Waals surface area contributed by atoms with Crippen molar-refractivity contribution in [1.29, 1.82) is 0 Å². The molecule has 0 aliphatic heterocycles. The normalized spacial score (nSPS) is 12.2. The SMILES string of the molecule is CCC(CC(=O)c1cc2c(F)c(OC)c(OC)cc2s1)C(=O)O. The summed E-state index contributed by atoms with van der Waals surface area (Å²) in [5.74, 6) is -2.41. The van der Waals surface area contributed by atoms with Crippen molar-refractivity contribution < 1.29 is 28.6 Å². The number of carbonyl (C=O) groups excluding carboxylic acids is 1. The van der Waals surface area contributed by atoms with Gasteiger partial charge in [0.1, 0.15) is 0 Å². The maximum absolute atomic E-state index is 14.4. The molecule has 23 heavy (non-hydrogen) atoms. The molecule has 0 aliphatic carbocycles. The minimum Gasteiger partial charge on any atom is -0.493 e. The molecule has 1 heterocycles. The number of fused-ring (bicyclic) bond motifs is 1. The number of aliphatic carboxylic acids is 1. The fourth-order valence-corrected chi connectivity index (χ4v) is 3.34. The Hall–Kier alpha value is -2.15. The van der Waals surface area contributed by atoms with Crippen molar-refractivity contribution in [3.63, 3.8) is 0 Å². The van der Waals surface area contributed by atoms with E-state index in [-0.39, 0.29) is 29.1 Å². The summed E-state index contributed by atoms with van der Waals surface area (Å²) in [6, 6.07) is 3.04. The smallest absolute Gasteiger partial charge is 0.306 e. The number of rotatable bonds is 7. The molecule has 0 fully saturated rings. The number of Topliss-reactive ketones (excluding diaryl/α,β-unsaturated/α-hetero) is 1. The minimum absolute atomic E-state index is 0.0197. The van der Waals surface area contributed by atoms with Crippen LogP contribution in [0.25, 0.3) is 10.1 Å². The Bertz CT molecular complexity index is 752. The highest BCUT2D eigenvalue weighted by Gasteiger charge is 2.23. The first kappa shape index (κ1) is 17.2. The third kappa shape index (κ3) is 3.29. The van der Waals surface area contributed by atoms with Gasteiger partial charge in [-0.1, -0.05) is 6.92 Å². The second-order valence-electron chi connectivity index (χ2n) is 5.02. The van der Waals surface area contributed by atoms with Crippen LogP contribution in [0.2, 0.25) is 0 Å². The average Bonchev–Trinajstić information content (AvgIpc) is 2.96. The first-order valence-corrected chi connectivity index (χ1v) is 7.84. The maximum atomic E-state index is 14.4. The van der Waals surface area contributed by atoms with E-state index in [1.807, 2.05) is 0 Å². The quantitative estimate of drug-likeness (QED) is 0.777. The van der Waals surface area contributed by atoms with Gasteiger partial charge in [-0.05, 0) is 12.5 Å². The molecule has 2 aromatic rings. The zero-order chi connectivity index (χ0) is 17.1. The van der Waals surface area contributed by atoms with E-state index in [4.69, 9.17) is 14.6 Å². The Morgan fingerprint density at radius 1 is 1.30 bits per heavy atom. The molecule has 0 aliphatic rings. The summed E-state index contributed by atoms with van der Waals surface area (Å²) in [5, 5.41) is 9.31. The fourth-order valence-electron chi connectivity index (χ4n) is 2.31. The van der Waals surface area contributed by atoms with Crippen LogP contribution in [0, 0.1) is 11.7 Å². The lowest BCUT2D eigenvalue weighted by atomic mass is 9.99. The highest BCUT2D eigenvalue weighted by molar-refractivity contribution is 7.20. The van der Waals surface area contributed by atoms with Crippen molar-refractivity contribution in [2.24, 2.45) is 5.92 Å². The minimum atomic E-state index is -1.00. The lowest BCUT2D eigenvalue weighted by molar-refractivity contribution is -0.141. The zero-order valence-electron chi connectivity index (χ0n) is 13.0. The van der Waals surface area contributed by atoms with Gasteiger partial charge in [0.15, 0.2) is 23.1 Å². The van der Waals surface area contributed by atoms with Crippen LogP contribution in [0.15, 0.2) is 12.1 Å². The van der Waals surface area contributed by atoms with Crippen molar-refractivity contribution in [1.82, 2.24) is 0 Å². The van der Waals surface area contributed by atoms with E-state index in [1.165, 1.54) is 20.3 Å². The Morgan fingerprint density at radius 3 is 2.52 bits per heavy atom. The summed E-state index contributed by atoms with van der Waals surface area (Å²) in [7, 11) is 2.74. The predicted molar refractivity (Wildman–Crippen MR) is 85.3 cm³/mol. The highest BCUT2D eigenvalue weighted by Crippen LogP contribution is 2.40. The van der Waals surface area contributed by atoms with Gasteiger partial charge in [0.25, 0.3) is 0 Å². The number of ketones is 1. The van der Waals surface area contributed by atoms with E-state index in [0.717, 1.165) is 11.3 Å². The van der Waals surface area contributed by atoms with Gasteiger partial charge in [0, 0.05) is 22.6 Å². The topological polar surface area (TPSA) is 72.8 Å². The molecule has 1 unspecified atom stereocenters. The summed E-state index contributed by atoms with van der Waals surface area (Å²) in [5.41, 5.74) is 0. The number of carboxylic acids is 1. The summed E-state index contributed by atoms with van der Waals surface area (Å²) < 4.78 is 25.1. The average molecular weight is 340 g/mol. The maximum Gasteiger partial charge on any atom is 0.306 e. The molecule has 0 radical (unpaired) electrons. The van der Waals surface area contributed by atoms with E-state index in [0.29, 0.717) is 16.0 Å². The molecular formula is C16H17FO5S. The van der Waals surface area contributed by atoms with Gasteiger partial charge < -0.3 is 14.6 Å². The number of carboxylic acid groups (broad SMARTS) is 1. The van der Waals surface area contributed by atoms with Crippen LogP contribution in [0.1, 0.15) is 29.4 Å². The number of halogens is 1. The van der Waals surface area contributed by atoms with Gasteiger partial charge in [0.05, 0.1) is 25.0 Å². The molecule has 0 spiro atoms. The van der Waals surface area contributed by atoms with Crippen LogP contribution in [-0.4, -0.2) is 31.1 Å². The van der Waals surface area contributed by atoms with Crippen LogP contribution in [0.3, 0.4) is 0 Å². The molecular weight excluding hydrogens is 323 g/mol. The molecule has 0 bridgehead atoms. The van der Waals surface area contributed by atoms with Crippen molar-refractivity contribution in [2.45, 2.75) is 19.8 Å². The largest absolute Gasteiger partial charge is 0.493 e. The Kier molecular flexibility index (Phi) is 5.20. The second-order valence-corrected chi connectivity index (χ2v) is 6.10. The van der Waals surface area contributed by atoms with E-state index in [2.05, 4.69) is 0 Å².